The predicted molar refractivity (Wildman–Crippen MR) is 80.2 cm³/mol. The van der Waals surface area contributed by atoms with Gasteiger partial charge in [0, 0.05) is 19.7 Å². The Morgan fingerprint density at radius 2 is 2.05 bits per heavy atom. The molecule has 0 aliphatic heterocycles. The first-order valence-electron chi connectivity index (χ1n) is 7.17. The monoisotopic (exact) mass is 290 g/mol. The summed E-state index contributed by atoms with van der Waals surface area (Å²) < 4.78 is 16.0. The van der Waals surface area contributed by atoms with Crippen molar-refractivity contribution in [2.45, 2.75) is 26.5 Å². The Balaban J connectivity index is 1.80. The standard InChI is InChI=1S/C16H22N2O3/c1-3-17-11-14-10-16(21-18-14)12-20-15-6-4-13(5-7-15)8-9-19-2/h4-7,10,17H,3,8-9,11-12H2,1-2H3. The second-order valence-electron chi connectivity index (χ2n) is 4.74. The lowest BCUT2D eigenvalue weighted by Gasteiger charge is -2.05. The van der Waals surface area contributed by atoms with E-state index in [4.69, 9.17) is 14.0 Å². The quantitative estimate of drug-likeness (QED) is 0.769. The number of hydrogen-bond acceptors (Lipinski definition) is 5. The van der Waals surface area contributed by atoms with Crippen molar-refractivity contribution < 1.29 is 14.0 Å². The van der Waals surface area contributed by atoms with Crippen molar-refractivity contribution in [3.05, 3.63) is 47.3 Å². The summed E-state index contributed by atoms with van der Waals surface area (Å²) in [6.45, 7) is 4.80. The largest absolute Gasteiger partial charge is 0.486 e. The average molecular weight is 290 g/mol. The van der Waals surface area contributed by atoms with E-state index in [2.05, 4.69) is 17.4 Å². The highest BCUT2D eigenvalue weighted by molar-refractivity contribution is 5.27. The molecule has 0 spiro atoms. The number of methoxy groups -OCH3 is 1. The van der Waals surface area contributed by atoms with E-state index in [0.717, 1.165) is 36.8 Å². The van der Waals surface area contributed by atoms with Crippen LogP contribution in [0.2, 0.25) is 0 Å². The van der Waals surface area contributed by atoms with Crippen molar-refractivity contribution in [1.82, 2.24) is 10.5 Å². The summed E-state index contributed by atoms with van der Waals surface area (Å²) in [6, 6.07) is 9.92. The molecule has 0 atom stereocenters. The van der Waals surface area contributed by atoms with Crippen molar-refractivity contribution in [2.75, 3.05) is 20.3 Å². The van der Waals surface area contributed by atoms with Gasteiger partial charge in [0.25, 0.3) is 0 Å². The third-order valence-corrected chi connectivity index (χ3v) is 3.06. The molecular weight excluding hydrogens is 268 g/mol. The van der Waals surface area contributed by atoms with Crippen LogP contribution in [0.5, 0.6) is 5.75 Å². The summed E-state index contributed by atoms with van der Waals surface area (Å²) in [5, 5.41) is 7.18. The van der Waals surface area contributed by atoms with E-state index < -0.39 is 0 Å². The zero-order chi connectivity index (χ0) is 14.9. The van der Waals surface area contributed by atoms with Gasteiger partial charge in [-0.15, -0.1) is 0 Å². The van der Waals surface area contributed by atoms with Crippen LogP contribution in [0.3, 0.4) is 0 Å². The number of hydrogen-bond donors (Lipinski definition) is 1. The molecule has 0 aliphatic carbocycles. The number of aromatic nitrogens is 1. The summed E-state index contributed by atoms with van der Waals surface area (Å²) in [5.41, 5.74) is 2.13. The molecule has 0 fully saturated rings. The molecule has 0 bridgehead atoms. The zero-order valence-corrected chi connectivity index (χ0v) is 12.6. The Hall–Kier alpha value is -1.85. The maximum atomic E-state index is 5.68. The summed E-state index contributed by atoms with van der Waals surface area (Å²) in [5.74, 6) is 1.55. The van der Waals surface area contributed by atoms with Gasteiger partial charge >= 0.3 is 0 Å². The normalized spacial score (nSPS) is 10.8. The van der Waals surface area contributed by atoms with E-state index in [1.807, 2.05) is 30.3 Å². The molecular formula is C16H22N2O3. The fourth-order valence-corrected chi connectivity index (χ4v) is 1.89. The van der Waals surface area contributed by atoms with Crippen molar-refractivity contribution in [2.24, 2.45) is 0 Å². The topological polar surface area (TPSA) is 56.5 Å². The van der Waals surface area contributed by atoms with Gasteiger partial charge < -0.3 is 19.3 Å². The fourth-order valence-electron chi connectivity index (χ4n) is 1.89. The average Bonchev–Trinajstić information content (AvgIpc) is 2.98. The lowest BCUT2D eigenvalue weighted by atomic mass is 10.1. The van der Waals surface area contributed by atoms with Crippen molar-refractivity contribution >= 4 is 0 Å². The third-order valence-electron chi connectivity index (χ3n) is 3.06. The number of benzene rings is 1. The second-order valence-corrected chi connectivity index (χ2v) is 4.74. The van der Waals surface area contributed by atoms with Gasteiger partial charge in [0.2, 0.25) is 0 Å². The Kier molecular flexibility index (Phi) is 6.24. The molecule has 0 saturated carbocycles. The van der Waals surface area contributed by atoms with E-state index in [1.54, 1.807) is 7.11 Å². The minimum absolute atomic E-state index is 0.385. The molecule has 21 heavy (non-hydrogen) atoms. The molecule has 1 heterocycles. The highest BCUT2D eigenvalue weighted by atomic mass is 16.5. The fraction of sp³-hybridized carbons (Fsp3) is 0.438. The smallest absolute Gasteiger partial charge is 0.174 e. The Morgan fingerprint density at radius 1 is 1.24 bits per heavy atom. The van der Waals surface area contributed by atoms with Crippen molar-refractivity contribution in [3.63, 3.8) is 0 Å². The SMILES string of the molecule is CCNCc1cc(COc2ccc(CCOC)cc2)on1. The lowest BCUT2D eigenvalue weighted by molar-refractivity contribution is 0.202. The van der Waals surface area contributed by atoms with Gasteiger partial charge in [-0.25, -0.2) is 0 Å². The molecule has 1 N–H and O–H groups in total. The maximum absolute atomic E-state index is 5.68. The van der Waals surface area contributed by atoms with Gasteiger partial charge in [-0.05, 0) is 30.7 Å². The zero-order valence-electron chi connectivity index (χ0n) is 12.6. The molecule has 2 rings (SSSR count). The minimum Gasteiger partial charge on any atom is -0.486 e. The minimum atomic E-state index is 0.385. The van der Waals surface area contributed by atoms with E-state index >= 15 is 0 Å². The Morgan fingerprint density at radius 3 is 2.76 bits per heavy atom. The molecule has 5 nitrogen and oxygen atoms in total. The molecule has 1 aromatic heterocycles. The Bertz CT molecular complexity index is 523. The Labute approximate surface area is 125 Å². The maximum Gasteiger partial charge on any atom is 0.174 e. The van der Waals surface area contributed by atoms with Crippen LogP contribution in [0.25, 0.3) is 0 Å². The molecule has 5 heteroatoms. The predicted octanol–water partition coefficient (Wildman–Crippen LogP) is 2.55. The molecule has 2 aromatic rings. The summed E-state index contributed by atoms with van der Waals surface area (Å²) in [6.07, 6.45) is 0.909. The van der Waals surface area contributed by atoms with Crippen LogP contribution in [-0.4, -0.2) is 25.4 Å². The van der Waals surface area contributed by atoms with Crippen LogP contribution in [0.15, 0.2) is 34.9 Å². The first-order chi connectivity index (χ1) is 10.3. The second kappa shape index (κ2) is 8.44. The molecule has 0 aliphatic rings. The van der Waals surface area contributed by atoms with Crippen molar-refractivity contribution in [1.29, 1.82) is 0 Å². The number of nitrogens with one attached hydrogen (secondary N) is 1. The number of ether oxygens (including phenoxy) is 2. The van der Waals surface area contributed by atoms with E-state index in [1.165, 1.54) is 5.56 Å². The highest BCUT2D eigenvalue weighted by Crippen LogP contribution is 2.15. The first-order valence-corrected chi connectivity index (χ1v) is 7.17. The van der Waals surface area contributed by atoms with E-state index in [9.17, 15) is 0 Å². The van der Waals surface area contributed by atoms with Gasteiger partial charge in [0.1, 0.15) is 12.4 Å². The van der Waals surface area contributed by atoms with Crippen LogP contribution >= 0.6 is 0 Å². The number of nitrogens with zero attached hydrogens (tertiary/aromatic N) is 1. The van der Waals surface area contributed by atoms with Crippen LogP contribution in [0.4, 0.5) is 0 Å². The van der Waals surface area contributed by atoms with Crippen molar-refractivity contribution in [3.8, 4) is 5.75 Å². The van der Waals surface area contributed by atoms with Gasteiger partial charge in [-0.3, -0.25) is 0 Å². The summed E-state index contributed by atoms with van der Waals surface area (Å²) in [4.78, 5) is 0. The highest BCUT2D eigenvalue weighted by Gasteiger charge is 2.04. The molecule has 0 radical (unpaired) electrons. The molecule has 114 valence electrons. The molecule has 1 aromatic carbocycles. The summed E-state index contributed by atoms with van der Waals surface area (Å²) in [7, 11) is 1.71. The van der Waals surface area contributed by atoms with Crippen LogP contribution in [0, 0.1) is 0 Å². The van der Waals surface area contributed by atoms with Gasteiger partial charge in [0.15, 0.2) is 5.76 Å². The van der Waals surface area contributed by atoms with Gasteiger partial charge in [-0.2, -0.15) is 0 Å². The van der Waals surface area contributed by atoms with Crippen LogP contribution in [0.1, 0.15) is 23.9 Å². The van der Waals surface area contributed by atoms with Gasteiger partial charge in [-0.1, -0.05) is 24.2 Å². The lowest BCUT2D eigenvalue weighted by Crippen LogP contribution is -2.11. The molecule has 0 unspecified atom stereocenters. The van der Waals surface area contributed by atoms with Crippen LogP contribution in [-0.2, 0) is 24.3 Å². The number of rotatable bonds is 9. The molecule has 0 saturated heterocycles. The third kappa shape index (κ3) is 5.21. The van der Waals surface area contributed by atoms with E-state index in [0.29, 0.717) is 13.2 Å². The van der Waals surface area contributed by atoms with E-state index in [-0.39, 0.29) is 0 Å². The summed E-state index contributed by atoms with van der Waals surface area (Å²) >= 11 is 0. The van der Waals surface area contributed by atoms with Gasteiger partial charge in [0.05, 0.1) is 12.3 Å². The van der Waals surface area contributed by atoms with Crippen LogP contribution < -0.4 is 10.1 Å². The first kappa shape index (κ1) is 15.5. The molecule has 0 amide bonds.